The number of hydrogen-bond donors (Lipinski definition) is 1. The van der Waals surface area contributed by atoms with E-state index >= 15 is 0 Å². The molecule has 3 amide bonds. The number of hydrogen-bond acceptors (Lipinski definition) is 5. The number of imide groups is 1. The number of ether oxygens (including phenoxy) is 1. The second-order valence-electron chi connectivity index (χ2n) is 6.72. The molecule has 8 nitrogen and oxygen atoms in total. The number of carbonyl (C=O) groups excluding carboxylic acids is 3. The highest BCUT2D eigenvalue weighted by atomic mass is 16.5. The lowest BCUT2D eigenvalue weighted by molar-refractivity contribution is -0.141. The Balaban J connectivity index is 1.77. The second-order valence-corrected chi connectivity index (χ2v) is 6.72. The van der Waals surface area contributed by atoms with Gasteiger partial charge in [0.2, 0.25) is 0 Å². The summed E-state index contributed by atoms with van der Waals surface area (Å²) in [5, 5.41) is 8.90. The minimum Gasteiger partial charge on any atom is -0.481 e. The van der Waals surface area contributed by atoms with Gasteiger partial charge in [-0.2, -0.15) is 0 Å². The van der Waals surface area contributed by atoms with Crippen LogP contribution in [0.4, 0.5) is 0 Å². The molecule has 1 atom stereocenters. The van der Waals surface area contributed by atoms with Crippen molar-refractivity contribution in [2.45, 2.75) is 32.3 Å². The van der Waals surface area contributed by atoms with Crippen LogP contribution in [0.1, 0.15) is 57.3 Å². The standard InChI is InChI=1S/C19H22N2O6/c1-2-3-6-21-18(25)14-5-4-12(9-15(14)19(21)26)17(24)20-7-8-27-13(11-20)10-16(22)23/h4-5,9,13H,2-3,6-8,10-11H2,1H3,(H,22,23). The summed E-state index contributed by atoms with van der Waals surface area (Å²) >= 11 is 0. The highest BCUT2D eigenvalue weighted by Gasteiger charge is 2.36. The quantitative estimate of drug-likeness (QED) is 0.755. The maximum atomic E-state index is 12.8. The molecule has 0 spiro atoms. The maximum absolute atomic E-state index is 12.8. The van der Waals surface area contributed by atoms with Crippen LogP contribution in [-0.2, 0) is 9.53 Å². The van der Waals surface area contributed by atoms with Gasteiger partial charge in [0, 0.05) is 25.2 Å². The highest BCUT2D eigenvalue weighted by molar-refractivity contribution is 6.22. The second kappa shape index (κ2) is 7.87. The van der Waals surface area contributed by atoms with E-state index in [1.54, 1.807) is 0 Å². The predicted molar refractivity (Wildman–Crippen MR) is 94.6 cm³/mol. The van der Waals surface area contributed by atoms with E-state index in [9.17, 15) is 19.2 Å². The van der Waals surface area contributed by atoms with Crippen molar-refractivity contribution in [1.82, 2.24) is 9.80 Å². The molecule has 1 fully saturated rings. The van der Waals surface area contributed by atoms with Crippen LogP contribution in [0.5, 0.6) is 0 Å². The van der Waals surface area contributed by atoms with Crippen LogP contribution in [0, 0.1) is 0 Å². The van der Waals surface area contributed by atoms with E-state index in [0.717, 1.165) is 12.8 Å². The van der Waals surface area contributed by atoms with Crippen molar-refractivity contribution in [3.05, 3.63) is 34.9 Å². The fourth-order valence-corrected chi connectivity index (χ4v) is 3.35. The first kappa shape index (κ1) is 19.0. The number of fused-ring (bicyclic) bond motifs is 1. The Kier molecular flexibility index (Phi) is 5.55. The number of aliphatic carboxylic acids is 1. The Hall–Kier alpha value is -2.74. The van der Waals surface area contributed by atoms with Gasteiger partial charge < -0.3 is 14.7 Å². The monoisotopic (exact) mass is 374 g/mol. The lowest BCUT2D eigenvalue weighted by atomic mass is 10.0. The third kappa shape index (κ3) is 3.85. The van der Waals surface area contributed by atoms with E-state index in [-0.39, 0.29) is 42.9 Å². The summed E-state index contributed by atoms with van der Waals surface area (Å²) < 4.78 is 5.38. The van der Waals surface area contributed by atoms with E-state index in [2.05, 4.69) is 0 Å². The number of carboxylic acid groups (broad SMARTS) is 1. The molecule has 3 rings (SSSR count). The molecule has 0 radical (unpaired) electrons. The van der Waals surface area contributed by atoms with Crippen LogP contribution in [-0.4, -0.2) is 70.9 Å². The largest absolute Gasteiger partial charge is 0.481 e. The Morgan fingerprint density at radius 3 is 2.67 bits per heavy atom. The zero-order valence-corrected chi connectivity index (χ0v) is 15.1. The molecule has 1 aromatic carbocycles. The van der Waals surface area contributed by atoms with Gasteiger partial charge in [-0.15, -0.1) is 0 Å². The fourth-order valence-electron chi connectivity index (χ4n) is 3.35. The van der Waals surface area contributed by atoms with Gasteiger partial charge in [0.1, 0.15) is 0 Å². The number of benzene rings is 1. The molecule has 2 heterocycles. The van der Waals surface area contributed by atoms with Gasteiger partial charge in [-0.05, 0) is 24.6 Å². The van der Waals surface area contributed by atoms with Crippen LogP contribution in [0.15, 0.2) is 18.2 Å². The number of morpholine rings is 1. The highest BCUT2D eigenvalue weighted by Crippen LogP contribution is 2.25. The first-order valence-electron chi connectivity index (χ1n) is 9.05. The van der Waals surface area contributed by atoms with Crippen molar-refractivity contribution in [3.63, 3.8) is 0 Å². The lowest BCUT2D eigenvalue weighted by Gasteiger charge is -2.32. The summed E-state index contributed by atoms with van der Waals surface area (Å²) in [6.45, 7) is 3.14. The Labute approximate surface area is 156 Å². The van der Waals surface area contributed by atoms with Crippen molar-refractivity contribution in [3.8, 4) is 0 Å². The first-order chi connectivity index (χ1) is 12.9. The summed E-state index contributed by atoms with van der Waals surface area (Å²) in [5.74, 6) is -1.98. The van der Waals surface area contributed by atoms with Crippen molar-refractivity contribution in [2.75, 3.05) is 26.2 Å². The van der Waals surface area contributed by atoms with Crippen molar-refractivity contribution >= 4 is 23.7 Å². The summed E-state index contributed by atoms with van der Waals surface area (Å²) in [6, 6.07) is 4.52. The zero-order valence-electron chi connectivity index (χ0n) is 15.1. The van der Waals surface area contributed by atoms with Gasteiger partial charge in [0.05, 0.1) is 30.3 Å². The van der Waals surface area contributed by atoms with E-state index in [0.29, 0.717) is 24.2 Å². The van der Waals surface area contributed by atoms with Crippen LogP contribution >= 0.6 is 0 Å². The molecule has 1 aromatic rings. The molecule has 1 N–H and O–H groups in total. The number of rotatable bonds is 6. The zero-order chi connectivity index (χ0) is 19.6. The van der Waals surface area contributed by atoms with Gasteiger partial charge >= 0.3 is 5.97 Å². The molecule has 0 bridgehead atoms. The van der Waals surface area contributed by atoms with E-state index in [4.69, 9.17) is 9.84 Å². The summed E-state index contributed by atoms with van der Waals surface area (Å²) in [4.78, 5) is 51.3. The van der Waals surface area contributed by atoms with Crippen molar-refractivity contribution in [2.24, 2.45) is 0 Å². The number of amides is 3. The predicted octanol–water partition coefficient (Wildman–Crippen LogP) is 1.40. The minimum absolute atomic E-state index is 0.173. The van der Waals surface area contributed by atoms with E-state index in [1.807, 2.05) is 6.92 Å². The molecule has 27 heavy (non-hydrogen) atoms. The summed E-state index contributed by atoms with van der Waals surface area (Å²) in [6.07, 6.45) is 0.872. The minimum atomic E-state index is -0.983. The number of nitrogens with zero attached hydrogens (tertiary/aromatic N) is 2. The first-order valence-corrected chi connectivity index (χ1v) is 9.05. The number of carbonyl (C=O) groups is 4. The van der Waals surface area contributed by atoms with Crippen LogP contribution in [0.25, 0.3) is 0 Å². The summed E-state index contributed by atoms with van der Waals surface area (Å²) in [7, 11) is 0. The van der Waals surface area contributed by atoms with Crippen LogP contribution in [0.2, 0.25) is 0 Å². The Morgan fingerprint density at radius 2 is 1.96 bits per heavy atom. The molecule has 1 unspecified atom stereocenters. The number of carboxylic acids is 1. The lowest BCUT2D eigenvalue weighted by Crippen LogP contribution is -2.46. The fraction of sp³-hybridized carbons (Fsp3) is 0.474. The smallest absolute Gasteiger partial charge is 0.306 e. The van der Waals surface area contributed by atoms with Crippen molar-refractivity contribution < 1.29 is 29.0 Å². The molecule has 0 saturated carbocycles. The molecule has 2 aliphatic rings. The summed E-state index contributed by atoms with van der Waals surface area (Å²) in [5.41, 5.74) is 0.874. The van der Waals surface area contributed by atoms with E-state index < -0.39 is 12.1 Å². The maximum Gasteiger partial charge on any atom is 0.306 e. The van der Waals surface area contributed by atoms with Gasteiger partial charge in [-0.25, -0.2) is 0 Å². The van der Waals surface area contributed by atoms with Gasteiger partial charge in [0.25, 0.3) is 17.7 Å². The third-order valence-corrected chi connectivity index (χ3v) is 4.78. The average molecular weight is 374 g/mol. The van der Waals surface area contributed by atoms with Gasteiger partial charge in [-0.3, -0.25) is 24.1 Å². The van der Waals surface area contributed by atoms with E-state index in [1.165, 1.54) is 28.0 Å². The molecule has 0 aromatic heterocycles. The normalized spacial score (nSPS) is 19.4. The van der Waals surface area contributed by atoms with Gasteiger partial charge in [0.15, 0.2) is 0 Å². The van der Waals surface area contributed by atoms with Crippen molar-refractivity contribution in [1.29, 1.82) is 0 Å². The van der Waals surface area contributed by atoms with Gasteiger partial charge in [-0.1, -0.05) is 13.3 Å². The molecule has 2 aliphatic heterocycles. The Morgan fingerprint density at radius 1 is 1.22 bits per heavy atom. The molecule has 1 saturated heterocycles. The topological polar surface area (TPSA) is 104 Å². The molecule has 8 heteroatoms. The average Bonchev–Trinajstić information content (AvgIpc) is 2.89. The number of unbranched alkanes of at least 4 members (excludes halogenated alkanes) is 1. The Bertz CT molecular complexity index is 790. The SMILES string of the molecule is CCCCN1C(=O)c2ccc(C(=O)N3CCOC(CC(=O)O)C3)cc2C1=O. The third-order valence-electron chi connectivity index (χ3n) is 4.78. The molecule has 0 aliphatic carbocycles. The molecular formula is C19H22N2O6. The van der Waals surface area contributed by atoms with Crippen LogP contribution in [0.3, 0.4) is 0 Å². The molecule has 144 valence electrons. The van der Waals surface area contributed by atoms with Crippen LogP contribution < -0.4 is 0 Å². The molecular weight excluding hydrogens is 352 g/mol.